The maximum absolute atomic E-state index is 11.9. The van der Waals surface area contributed by atoms with Gasteiger partial charge in [-0.2, -0.15) is 0 Å². The molecule has 0 bridgehead atoms. The van der Waals surface area contributed by atoms with Crippen molar-refractivity contribution >= 4 is 33.0 Å². The first kappa shape index (κ1) is 12.6. The van der Waals surface area contributed by atoms with E-state index in [1.807, 2.05) is 0 Å². The summed E-state index contributed by atoms with van der Waals surface area (Å²) in [4.78, 5) is 1.15. The third-order valence-electron chi connectivity index (χ3n) is 2.12. The molecule has 6 heteroatoms. The van der Waals surface area contributed by atoms with Gasteiger partial charge in [0.15, 0.2) is 0 Å². The van der Waals surface area contributed by atoms with Crippen LogP contribution in [0.2, 0.25) is 4.34 Å². The molecule has 1 aromatic heterocycles. The number of benzene rings is 1. The third kappa shape index (κ3) is 3.29. The van der Waals surface area contributed by atoms with Gasteiger partial charge in [0.2, 0.25) is 10.0 Å². The molecule has 0 amide bonds. The van der Waals surface area contributed by atoms with Crippen LogP contribution in [0, 0.1) is 0 Å². The highest BCUT2D eigenvalue weighted by Gasteiger charge is 2.12. The quantitative estimate of drug-likeness (QED) is 0.940. The van der Waals surface area contributed by atoms with E-state index in [4.69, 9.17) is 11.6 Å². The molecule has 0 saturated heterocycles. The van der Waals surface area contributed by atoms with E-state index < -0.39 is 10.0 Å². The molecule has 0 atom stereocenters. The summed E-state index contributed by atoms with van der Waals surface area (Å²) in [5.74, 6) is 0. The molecule has 2 rings (SSSR count). The van der Waals surface area contributed by atoms with Crippen molar-refractivity contribution < 1.29 is 8.42 Å². The normalized spacial score (nSPS) is 11.6. The average Bonchev–Trinajstić information content (AvgIpc) is 2.74. The van der Waals surface area contributed by atoms with Crippen LogP contribution in [0.25, 0.3) is 0 Å². The molecule has 0 unspecified atom stereocenters. The third-order valence-corrected chi connectivity index (χ3v) is 4.77. The fourth-order valence-electron chi connectivity index (χ4n) is 1.30. The zero-order chi connectivity index (χ0) is 12.3. The molecule has 0 aliphatic heterocycles. The lowest BCUT2D eigenvalue weighted by Gasteiger charge is -2.04. The van der Waals surface area contributed by atoms with Crippen LogP contribution in [0.15, 0.2) is 47.4 Å². The predicted molar refractivity (Wildman–Crippen MR) is 69.8 cm³/mol. The molecule has 90 valence electrons. The van der Waals surface area contributed by atoms with Gasteiger partial charge < -0.3 is 0 Å². The molecular formula is C11H10ClNO2S2. The SMILES string of the molecule is O=S(=O)(NCc1ccc(Cl)s1)c1ccccc1. The van der Waals surface area contributed by atoms with Crippen molar-refractivity contribution in [3.63, 3.8) is 0 Å². The molecule has 2 aromatic rings. The van der Waals surface area contributed by atoms with Crippen molar-refractivity contribution in [2.75, 3.05) is 0 Å². The maximum atomic E-state index is 11.9. The van der Waals surface area contributed by atoms with Crippen LogP contribution in [-0.4, -0.2) is 8.42 Å². The van der Waals surface area contributed by atoms with Crippen molar-refractivity contribution in [2.45, 2.75) is 11.4 Å². The van der Waals surface area contributed by atoms with Crippen LogP contribution in [0.1, 0.15) is 4.88 Å². The van der Waals surface area contributed by atoms with E-state index in [1.165, 1.54) is 11.3 Å². The van der Waals surface area contributed by atoms with Crippen molar-refractivity contribution in [3.8, 4) is 0 Å². The van der Waals surface area contributed by atoms with E-state index in [2.05, 4.69) is 4.72 Å². The number of thiophene rings is 1. The minimum atomic E-state index is -3.44. The summed E-state index contributed by atoms with van der Waals surface area (Å²) < 4.78 is 26.9. The highest BCUT2D eigenvalue weighted by atomic mass is 35.5. The van der Waals surface area contributed by atoms with E-state index >= 15 is 0 Å². The fourth-order valence-corrected chi connectivity index (χ4v) is 3.44. The van der Waals surface area contributed by atoms with Crippen molar-refractivity contribution in [1.29, 1.82) is 0 Å². The van der Waals surface area contributed by atoms with Gasteiger partial charge in [-0.15, -0.1) is 11.3 Å². The lowest BCUT2D eigenvalue weighted by atomic mass is 10.4. The molecular weight excluding hydrogens is 278 g/mol. The summed E-state index contributed by atoms with van der Waals surface area (Å²) in [6, 6.07) is 11.8. The predicted octanol–water partition coefficient (Wildman–Crippen LogP) is 2.88. The standard InChI is InChI=1S/C11H10ClNO2S2/c12-11-7-6-9(16-11)8-13-17(14,15)10-4-2-1-3-5-10/h1-7,13H,8H2. The van der Waals surface area contributed by atoms with E-state index in [1.54, 1.807) is 42.5 Å². The Morgan fingerprint density at radius 2 is 1.82 bits per heavy atom. The molecule has 3 nitrogen and oxygen atoms in total. The summed E-state index contributed by atoms with van der Waals surface area (Å²) in [6.07, 6.45) is 0. The van der Waals surface area contributed by atoms with Crippen molar-refractivity contribution in [2.24, 2.45) is 0 Å². The molecule has 0 spiro atoms. The van der Waals surface area contributed by atoms with Crippen molar-refractivity contribution in [3.05, 3.63) is 51.7 Å². The molecule has 0 fully saturated rings. The first-order valence-corrected chi connectivity index (χ1v) is 7.54. The van der Waals surface area contributed by atoms with Gasteiger partial charge in [0, 0.05) is 11.4 Å². The Kier molecular flexibility index (Phi) is 3.83. The highest BCUT2D eigenvalue weighted by Crippen LogP contribution is 2.21. The first-order valence-electron chi connectivity index (χ1n) is 4.87. The van der Waals surface area contributed by atoms with Gasteiger partial charge in [-0.1, -0.05) is 29.8 Å². The minimum Gasteiger partial charge on any atom is -0.207 e. The zero-order valence-electron chi connectivity index (χ0n) is 8.76. The molecule has 0 radical (unpaired) electrons. The first-order chi connectivity index (χ1) is 8.08. The number of hydrogen-bond donors (Lipinski definition) is 1. The lowest BCUT2D eigenvalue weighted by Crippen LogP contribution is -2.22. The van der Waals surface area contributed by atoms with E-state index in [0.717, 1.165) is 4.88 Å². The largest absolute Gasteiger partial charge is 0.240 e. The monoisotopic (exact) mass is 287 g/mol. The van der Waals surface area contributed by atoms with Gasteiger partial charge in [-0.25, -0.2) is 13.1 Å². The Hall–Kier alpha value is -0.880. The molecule has 17 heavy (non-hydrogen) atoms. The van der Waals surface area contributed by atoms with Gasteiger partial charge in [0.1, 0.15) is 0 Å². The van der Waals surface area contributed by atoms with Crippen LogP contribution in [-0.2, 0) is 16.6 Å². The Balaban J connectivity index is 2.09. The number of hydrogen-bond acceptors (Lipinski definition) is 3. The highest BCUT2D eigenvalue weighted by molar-refractivity contribution is 7.89. The van der Waals surface area contributed by atoms with Crippen LogP contribution in [0.4, 0.5) is 0 Å². The Morgan fingerprint density at radius 1 is 1.12 bits per heavy atom. The molecule has 0 aliphatic rings. The average molecular weight is 288 g/mol. The van der Waals surface area contributed by atoms with Gasteiger partial charge in [-0.3, -0.25) is 0 Å². The Bertz CT molecular complexity index is 593. The topological polar surface area (TPSA) is 46.2 Å². The zero-order valence-corrected chi connectivity index (χ0v) is 11.1. The van der Waals surface area contributed by atoms with Gasteiger partial charge >= 0.3 is 0 Å². The van der Waals surface area contributed by atoms with Gasteiger partial charge in [0.05, 0.1) is 9.23 Å². The second kappa shape index (κ2) is 5.18. The van der Waals surface area contributed by atoms with Crippen molar-refractivity contribution in [1.82, 2.24) is 4.72 Å². The second-order valence-corrected chi connectivity index (χ2v) is 6.91. The summed E-state index contributed by atoms with van der Waals surface area (Å²) >= 11 is 7.13. The van der Waals surface area contributed by atoms with E-state index in [-0.39, 0.29) is 11.4 Å². The summed E-state index contributed by atoms with van der Waals surface area (Å²) in [5, 5.41) is 0. The van der Waals surface area contributed by atoms with Crippen LogP contribution >= 0.6 is 22.9 Å². The Labute approximate surface area is 109 Å². The maximum Gasteiger partial charge on any atom is 0.240 e. The van der Waals surface area contributed by atoms with Crippen LogP contribution < -0.4 is 4.72 Å². The van der Waals surface area contributed by atoms with Gasteiger partial charge in [-0.05, 0) is 24.3 Å². The minimum absolute atomic E-state index is 0.259. The number of halogens is 1. The van der Waals surface area contributed by atoms with Crippen LogP contribution in [0.3, 0.4) is 0 Å². The molecule has 0 saturated carbocycles. The smallest absolute Gasteiger partial charge is 0.207 e. The number of rotatable bonds is 4. The lowest BCUT2D eigenvalue weighted by molar-refractivity contribution is 0.582. The van der Waals surface area contributed by atoms with Crippen LogP contribution in [0.5, 0.6) is 0 Å². The van der Waals surface area contributed by atoms with Gasteiger partial charge in [0.25, 0.3) is 0 Å². The molecule has 1 heterocycles. The molecule has 1 N–H and O–H groups in total. The fraction of sp³-hybridized carbons (Fsp3) is 0.0909. The molecule has 0 aliphatic carbocycles. The number of nitrogens with one attached hydrogen (secondary N) is 1. The van der Waals surface area contributed by atoms with E-state index in [9.17, 15) is 8.42 Å². The summed E-state index contributed by atoms with van der Waals surface area (Å²) in [7, 11) is -3.44. The summed E-state index contributed by atoms with van der Waals surface area (Å²) in [6.45, 7) is 0.259. The second-order valence-electron chi connectivity index (χ2n) is 3.34. The summed E-state index contributed by atoms with van der Waals surface area (Å²) in [5.41, 5.74) is 0. The molecule has 1 aromatic carbocycles. The van der Waals surface area contributed by atoms with E-state index in [0.29, 0.717) is 4.34 Å². The number of sulfonamides is 1. The Morgan fingerprint density at radius 3 is 2.41 bits per heavy atom.